The molecular formula is C14H19ClO. The molecule has 1 nitrogen and oxygen atoms in total. The molecule has 0 heterocycles. The molecule has 1 unspecified atom stereocenters. The van der Waals surface area contributed by atoms with E-state index < -0.39 is 0 Å². The molecular weight excluding hydrogens is 220 g/mol. The SMILES string of the molecule is COc1cccc(C(CCl)C2CCCC2)c1. The van der Waals surface area contributed by atoms with Crippen LogP contribution in [0.4, 0.5) is 0 Å². The van der Waals surface area contributed by atoms with Crippen molar-refractivity contribution in [3.63, 3.8) is 0 Å². The number of alkyl halides is 1. The summed E-state index contributed by atoms with van der Waals surface area (Å²) in [6.45, 7) is 0. The fraction of sp³-hybridized carbons (Fsp3) is 0.571. The molecule has 1 aliphatic rings. The minimum atomic E-state index is 0.499. The molecule has 2 heteroatoms. The topological polar surface area (TPSA) is 9.23 Å². The lowest BCUT2D eigenvalue weighted by atomic mass is 9.86. The molecule has 1 aliphatic carbocycles. The summed E-state index contributed by atoms with van der Waals surface area (Å²) in [6.07, 6.45) is 5.38. The van der Waals surface area contributed by atoms with Crippen LogP contribution in [-0.2, 0) is 0 Å². The van der Waals surface area contributed by atoms with Crippen molar-refractivity contribution in [3.8, 4) is 5.75 Å². The van der Waals surface area contributed by atoms with Crippen LogP contribution in [-0.4, -0.2) is 13.0 Å². The molecule has 0 saturated heterocycles. The first-order valence-electron chi connectivity index (χ1n) is 6.05. The molecule has 1 saturated carbocycles. The molecule has 1 aromatic carbocycles. The molecule has 88 valence electrons. The molecule has 1 fully saturated rings. The van der Waals surface area contributed by atoms with E-state index in [4.69, 9.17) is 16.3 Å². The van der Waals surface area contributed by atoms with E-state index in [9.17, 15) is 0 Å². The smallest absolute Gasteiger partial charge is 0.119 e. The van der Waals surface area contributed by atoms with Crippen LogP contribution in [0.15, 0.2) is 24.3 Å². The third-order valence-electron chi connectivity index (χ3n) is 3.66. The fourth-order valence-electron chi connectivity index (χ4n) is 2.72. The predicted octanol–water partition coefficient (Wildman–Crippen LogP) is 4.21. The number of ether oxygens (including phenoxy) is 1. The number of benzene rings is 1. The molecule has 16 heavy (non-hydrogen) atoms. The zero-order valence-electron chi connectivity index (χ0n) is 9.79. The van der Waals surface area contributed by atoms with E-state index in [1.807, 2.05) is 6.07 Å². The lowest BCUT2D eigenvalue weighted by Gasteiger charge is -2.21. The van der Waals surface area contributed by atoms with E-state index >= 15 is 0 Å². The number of methoxy groups -OCH3 is 1. The number of rotatable bonds is 4. The molecule has 0 N–H and O–H groups in total. The Kier molecular flexibility index (Phi) is 4.11. The summed E-state index contributed by atoms with van der Waals surface area (Å²) in [5, 5.41) is 0. The molecule has 0 amide bonds. The second kappa shape index (κ2) is 5.58. The average molecular weight is 239 g/mol. The maximum atomic E-state index is 6.14. The van der Waals surface area contributed by atoms with Gasteiger partial charge in [-0.1, -0.05) is 25.0 Å². The highest BCUT2D eigenvalue weighted by Gasteiger charge is 2.25. The zero-order valence-corrected chi connectivity index (χ0v) is 10.5. The first-order valence-corrected chi connectivity index (χ1v) is 6.58. The van der Waals surface area contributed by atoms with Gasteiger partial charge in [-0.3, -0.25) is 0 Å². The van der Waals surface area contributed by atoms with Crippen molar-refractivity contribution in [1.29, 1.82) is 0 Å². The molecule has 2 rings (SSSR count). The van der Waals surface area contributed by atoms with Crippen molar-refractivity contribution in [2.24, 2.45) is 5.92 Å². The summed E-state index contributed by atoms with van der Waals surface area (Å²) in [4.78, 5) is 0. The first-order chi connectivity index (χ1) is 7.85. The quantitative estimate of drug-likeness (QED) is 0.714. The van der Waals surface area contributed by atoms with E-state index in [1.54, 1.807) is 7.11 Å². The predicted molar refractivity (Wildman–Crippen MR) is 68.4 cm³/mol. The highest BCUT2D eigenvalue weighted by molar-refractivity contribution is 6.18. The third-order valence-corrected chi connectivity index (χ3v) is 3.99. The minimum absolute atomic E-state index is 0.499. The van der Waals surface area contributed by atoms with Crippen molar-refractivity contribution in [2.75, 3.05) is 13.0 Å². The van der Waals surface area contributed by atoms with Crippen molar-refractivity contribution in [1.82, 2.24) is 0 Å². The van der Waals surface area contributed by atoms with Gasteiger partial charge in [-0.15, -0.1) is 11.6 Å². The minimum Gasteiger partial charge on any atom is -0.497 e. The van der Waals surface area contributed by atoms with Gasteiger partial charge in [0, 0.05) is 11.8 Å². The van der Waals surface area contributed by atoms with Crippen LogP contribution in [0.2, 0.25) is 0 Å². The van der Waals surface area contributed by atoms with Crippen LogP contribution in [0.1, 0.15) is 37.2 Å². The first kappa shape index (κ1) is 11.8. The Morgan fingerprint density at radius 1 is 1.38 bits per heavy atom. The van der Waals surface area contributed by atoms with Crippen molar-refractivity contribution in [3.05, 3.63) is 29.8 Å². The second-order valence-corrected chi connectivity index (χ2v) is 4.89. The van der Waals surface area contributed by atoms with Crippen LogP contribution in [0.3, 0.4) is 0 Å². The zero-order chi connectivity index (χ0) is 11.4. The number of hydrogen-bond acceptors (Lipinski definition) is 1. The van der Waals surface area contributed by atoms with Gasteiger partial charge in [0.1, 0.15) is 5.75 Å². The van der Waals surface area contributed by atoms with Gasteiger partial charge in [-0.25, -0.2) is 0 Å². The summed E-state index contributed by atoms with van der Waals surface area (Å²) in [5.74, 6) is 2.92. The second-order valence-electron chi connectivity index (χ2n) is 4.58. The third kappa shape index (κ3) is 2.52. The van der Waals surface area contributed by atoms with Crippen molar-refractivity contribution in [2.45, 2.75) is 31.6 Å². The van der Waals surface area contributed by atoms with Gasteiger partial charge in [0.15, 0.2) is 0 Å². The molecule has 1 aromatic rings. The van der Waals surface area contributed by atoms with Crippen LogP contribution in [0, 0.1) is 5.92 Å². The van der Waals surface area contributed by atoms with Crippen LogP contribution in [0.25, 0.3) is 0 Å². The fourth-order valence-corrected chi connectivity index (χ4v) is 3.15. The average Bonchev–Trinajstić information content (AvgIpc) is 2.84. The summed E-state index contributed by atoms with van der Waals surface area (Å²) < 4.78 is 5.27. The van der Waals surface area contributed by atoms with E-state index in [2.05, 4.69) is 18.2 Å². The Balaban J connectivity index is 2.18. The van der Waals surface area contributed by atoms with Crippen LogP contribution in [0.5, 0.6) is 5.75 Å². The maximum absolute atomic E-state index is 6.14. The monoisotopic (exact) mass is 238 g/mol. The highest BCUT2D eigenvalue weighted by atomic mass is 35.5. The molecule has 0 spiro atoms. The largest absolute Gasteiger partial charge is 0.497 e. The Labute approximate surface area is 103 Å². The normalized spacial score (nSPS) is 18.6. The Morgan fingerprint density at radius 2 is 2.12 bits per heavy atom. The van der Waals surface area contributed by atoms with Crippen LogP contribution >= 0.6 is 11.6 Å². The van der Waals surface area contributed by atoms with Gasteiger partial charge in [-0.05, 0) is 36.5 Å². The standard InChI is InChI=1S/C14H19ClO/c1-16-13-8-4-7-12(9-13)14(10-15)11-5-2-3-6-11/h4,7-9,11,14H,2-3,5-6,10H2,1H3. The lowest BCUT2D eigenvalue weighted by molar-refractivity contribution is 0.411. The van der Waals surface area contributed by atoms with E-state index in [1.165, 1.54) is 31.2 Å². The Bertz CT molecular complexity index is 331. The molecule has 0 radical (unpaired) electrons. The van der Waals surface area contributed by atoms with Gasteiger partial charge < -0.3 is 4.74 Å². The number of hydrogen-bond donors (Lipinski definition) is 0. The Hall–Kier alpha value is -0.690. The Morgan fingerprint density at radius 3 is 2.75 bits per heavy atom. The lowest BCUT2D eigenvalue weighted by Crippen LogP contribution is -2.11. The van der Waals surface area contributed by atoms with E-state index in [-0.39, 0.29) is 0 Å². The van der Waals surface area contributed by atoms with E-state index in [0.29, 0.717) is 5.92 Å². The maximum Gasteiger partial charge on any atom is 0.119 e. The summed E-state index contributed by atoms with van der Waals surface area (Å²) in [6, 6.07) is 8.35. The van der Waals surface area contributed by atoms with Gasteiger partial charge in [0.25, 0.3) is 0 Å². The molecule has 1 atom stereocenters. The van der Waals surface area contributed by atoms with E-state index in [0.717, 1.165) is 17.5 Å². The van der Waals surface area contributed by atoms with Crippen molar-refractivity contribution >= 4 is 11.6 Å². The molecule has 0 aromatic heterocycles. The van der Waals surface area contributed by atoms with Gasteiger partial charge in [0.2, 0.25) is 0 Å². The summed E-state index contributed by atoms with van der Waals surface area (Å²) >= 11 is 6.14. The highest BCUT2D eigenvalue weighted by Crippen LogP contribution is 2.38. The van der Waals surface area contributed by atoms with Gasteiger partial charge in [-0.2, -0.15) is 0 Å². The van der Waals surface area contributed by atoms with Gasteiger partial charge >= 0.3 is 0 Å². The van der Waals surface area contributed by atoms with Crippen molar-refractivity contribution < 1.29 is 4.74 Å². The van der Waals surface area contributed by atoms with Crippen LogP contribution < -0.4 is 4.74 Å². The molecule has 0 aliphatic heterocycles. The molecule has 0 bridgehead atoms. The summed E-state index contributed by atoms with van der Waals surface area (Å²) in [7, 11) is 1.71. The van der Waals surface area contributed by atoms with Gasteiger partial charge in [0.05, 0.1) is 7.11 Å². The number of halogens is 1. The summed E-state index contributed by atoms with van der Waals surface area (Å²) in [5.41, 5.74) is 1.33.